The monoisotopic (exact) mass is 271 g/mol. The first-order valence-electron chi connectivity index (χ1n) is 6.82. The average molecular weight is 271 g/mol. The fraction of sp³-hybridized carbons (Fsp3) is 0.294. The lowest BCUT2D eigenvalue weighted by molar-refractivity contribution is 0.0957. The quantitative estimate of drug-likeness (QED) is 0.813. The van der Waals surface area contributed by atoms with Crippen LogP contribution in [0.2, 0.25) is 0 Å². The summed E-state index contributed by atoms with van der Waals surface area (Å²) in [6.07, 6.45) is -0.497. The molecule has 2 atom stereocenters. The number of aliphatic hydroxyl groups excluding tert-OH is 1. The molecule has 0 heterocycles. The highest BCUT2D eigenvalue weighted by Crippen LogP contribution is 2.16. The van der Waals surface area contributed by atoms with Gasteiger partial charge in [-0.25, -0.2) is 0 Å². The Hall–Kier alpha value is -1.68. The van der Waals surface area contributed by atoms with Crippen molar-refractivity contribution in [2.24, 2.45) is 0 Å². The second-order valence-electron chi connectivity index (χ2n) is 4.72. The van der Waals surface area contributed by atoms with Crippen LogP contribution in [-0.4, -0.2) is 25.3 Å². The molecule has 2 unspecified atom stereocenters. The van der Waals surface area contributed by atoms with Crippen molar-refractivity contribution in [2.75, 3.05) is 20.2 Å². The van der Waals surface area contributed by atoms with Crippen LogP contribution in [0, 0.1) is 0 Å². The molecule has 0 radical (unpaired) electrons. The molecule has 0 aliphatic rings. The Kier molecular flexibility index (Phi) is 5.74. The zero-order valence-corrected chi connectivity index (χ0v) is 11.7. The molecular formula is C17H21NO2. The number of benzene rings is 2. The van der Waals surface area contributed by atoms with E-state index in [1.165, 1.54) is 0 Å². The van der Waals surface area contributed by atoms with Gasteiger partial charge in [-0.15, -0.1) is 0 Å². The normalized spacial score (nSPS) is 13.9. The van der Waals surface area contributed by atoms with Crippen molar-refractivity contribution in [3.8, 4) is 0 Å². The predicted molar refractivity (Wildman–Crippen MR) is 80.5 cm³/mol. The van der Waals surface area contributed by atoms with Gasteiger partial charge in [-0.3, -0.25) is 0 Å². The predicted octanol–water partition coefficient (Wildman–Crippen LogP) is 2.70. The second kappa shape index (κ2) is 7.80. The maximum Gasteiger partial charge on any atom is 0.0945 e. The number of hydrogen-bond acceptors (Lipinski definition) is 3. The fourth-order valence-corrected chi connectivity index (χ4v) is 2.15. The molecule has 20 heavy (non-hydrogen) atoms. The summed E-state index contributed by atoms with van der Waals surface area (Å²) in [5.41, 5.74) is 2.06. The molecule has 0 amide bonds. The van der Waals surface area contributed by atoms with Crippen molar-refractivity contribution in [3.63, 3.8) is 0 Å². The van der Waals surface area contributed by atoms with Crippen molar-refractivity contribution in [1.29, 1.82) is 0 Å². The van der Waals surface area contributed by atoms with Crippen LogP contribution in [0.4, 0.5) is 0 Å². The van der Waals surface area contributed by atoms with Gasteiger partial charge in [-0.1, -0.05) is 60.7 Å². The zero-order valence-electron chi connectivity index (χ0n) is 11.7. The van der Waals surface area contributed by atoms with Gasteiger partial charge in [0.25, 0.3) is 0 Å². The van der Waals surface area contributed by atoms with E-state index >= 15 is 0 Å². The minimum atomic E-state index is -0.496. The minimum Gasteiger partial charge on any atom is -0.387 e. The molecule has 2 N–H and O–H groups in total. The van der Waals surface area contributed by atoms with E-state index in [2.05, 4.69) is 5.32 Å². The van der Waals surface area contributed by atoms with Gasteiger partial charge in [0.1, 0.15) is 0 Å². The van der Waals surface area contributed by atoms with E-state index in [4.69, 9.17) is 4.74 Å². The molecule has 0 aliphatic heterocycles. The van der Waals surface area contributed by atoms with Gasteiger partial charge >= 0.3 is 0 Å². The summed E-state index contributed by atoms with van der Waals surface area (Å²) in [7, 11) is 1.70. The lowest BCUT2D eigenvalue weighted by Gasteiger charge is -2.18. The number of ether oxygens (including phenoxy) is 1. The van der Waals surface area contributed by atoms with Gasteiger partial charge in [-0.2, -0.15) is 0 Å². The van der Waals surface area contributed by atoms with Crippen LogP contribution in [-0.2, 0) is 4.74 Å². The van der Waals surface area contributed by atoms with Crippen LogP contribution in [0.3, 0.4) is 0 Å². The fourth-order valence-electron chi connectivity index (χ4n) is 2.15. The molecule has 2 rings (SSSR count). The zero-order chi connectivity index (χ0) is 14.2. The summed E-state index contributed by atoms with van der Waals surface area (Å²) in [5.74, 6) is 0. The minimum absolute atomic E-state index is 0.000765. The molecule has 0 aliphatic carbocycles. The molecule has 2 aromatic carbocycles. The summed E-state index contributed by atoms with van der Waals surface area (Å²) < 4.78 is 5.48. The van der Waals surface area contributed by atoms with Gasteiger partial charge < -0.3 is 15.2 Å². The van der Waals surface area contributed by atoms with E-state index < -0.39 is 6.10 Å². The summed E-state index contributed by atoms with van der Waals surface area (Å²) in [6.45, 7) is 1.18. The van der Waals surface area contributed by atoms with E-state index in [9.17, 15) is 5.11 Å². The third-order valence-electron chi connectivity index (χ3n) is 3.31. The summed E-state index contributed by atoms with van der Waals surface area (Å²) >= 11 is 0. The Balaban J connectivity index is 1.83. The molecule has 0 spiro atoms. The third kappa shape index (κ3) is 4.17. The molecule has 0 fully saturated rings. The van der Waals surface area contributed by atoms with Crippen LogP contribution >= 0.6 is 0 Å². The van der Waals surface area contributed by atoms with Gasteiger partial charge in [0.05, 0.1) is 12.2 Å². The largest absolute Gasteiger partial charge is 0.387 e. The van der Waals surface area contributed by atoms with Crippen molar-refractivity contribution in [3.05, 3.63) is 71.8 Å². The molecule has 2 aromatic rings. The van der Waals surface area contributed by atoms with E-state index in [1.54, 1.807) is 7.11 Å². The third-order valence-corrected chi connectivity index (χ3v) is 3.31. The van der Waals surface area contributed by atoms with Gasteiger partial charge in [-0.05, 0) is 11.1 Å². The first-order valence-corrected chi connectivity index (χ1v) is 6.82. The number of nitrogens with one attached hydrogen (secondary N) is 1. The average Bonchev–Trinajstić information content (AvgIpc) is 2.53. The molecule has 0 bridgehead atoms. The molecule has 0 saturated heterocycles. The molecule has 0 saturated carbocycles. The standard InChI is InChI=1S/C17H21NO2/c1-20-17(15-10-6-3-7-11-15)13-18-12-16(19)14-8-4-2-5-9-14/h2-11,16-19H,12-13H2,1H3. The Labute approximate surface area is 120 Å². The van der Waals surface area contributed by atoms with Gasteiger partial charge in [0.2, 0.25) is 0 Å². The van der Waals surface area contributed by atoms with Crippen molar-refractivity contribution in [1.82, 2.24) is 5.32 Å². The molecule has 0 aromatic heterocycles. The maximum atomic E-state index is 10.1. The van der Waals surface area contributed by atoms with Crippen LogP contribution in [0.5, 0.6) is 0 Å². The Bertz CT molecular complexity index is 487. The van der Waals surface area contributed by atoms with Crippen molar-refractivity contribution in [2.45, 2.75) is 12.2 Å². The highest BCUT2D eigenvalue weighted by atomic mass is 16.5. The Morgan fingerprint density at radius 1 is 0.900 bits per heavy atom. The van der Waals surface area contributed by atoms with Crippen LogP contribution in [0.15, 0.2) is 60.7 Å². The van der Waals surface area contributed by atoms with Crippen molar-refractivity contribution >= 4 is 0 Å². The Morgan fingerprint density at radius 2 is 1.45 bits per heavy atom. The van der Waals surface area contributed by atoms with E-state index in [0.717, 1.165) is 11.1 Å². The molecule has 3 heteroatoms. The summed E-state index contributed by atoms with van der Waals surface area (Å²) in [6, 6.07) is 19.7. The molecule has 3 nitrogen and oxygen atoms in total. The lowest BCUT2D eigenvalue weighted by Crippen LogP contribution is -2.27. The molecule has 106 valence electrons. The lowest BCUT2D eigenvalue weighted by atomic mass is 10.1. The van der Waals surface area contributed by atoms with E-state index in [-0.39, 0.29) is 6.10 Å². The van der Waals surface area contributed by atoms with Crippen LogP contribution < -0.4 is 5.32 Å². The Morgan fingerprint density at radius 3 is 2.00 bits per heavy atom. The van der Waals surface area contributed by atoms with Crippen molar-refractivity contribution < 1.29 is 9.84 Å². The maximum absolute atomic E-state index is 10.1. The number of methoxy groups -OCH3 is 1. The second-order valence-corrected chi connectivity index (χ2v) is 4.72. The SMILES string of the molecule is COC(CNCC(O)c1ccccc1)c1ccccc1. The summed E-state index contributed by atoms with van der Waals surface area (Å²) in [5, 5.41) is 13.3. The first kappa shape index (κ1) is 14.7. The smallest absolute Gasteiger partial charge is 0.0945 e. The van der Waals surface area contributed by atoms with Crippen LogP contribution in [0.25, 0.3) is 0 Å². The van der Waals surface area contributed by atoms with E-state index in [1.807, 2.05) is 60.7 Å². The topological polar surface area (TPSA) is 41.5 Å². The first-order chi connectivity index (χ1) is 9.81. The number of rotatable bonds is 7. The summed E-state index contributed by atoms with van der Waals surface area (Å²) in [4.78, 5) is 0. The van der Waals surface area contributed by atoms with Gasteiger partial charge in [0.15, 0.2) is 0 Å². The van der Waals surface area contributed by atoms with Crippen LogP contribution in [0.1, 0.15) is 23.3 Å². The highest BCUT2D eigenvalue weighted by molar-refractivity contribution is 5.19. The van der Waals surface area contributed by atoms with Gasteiger partial charge in [0, 0.05) is 20.2 Å². The number of aliphatic hydroxyl groups is 1. The highest BCUT2D eigenvalue weighted by Gasteiger charge is 2.11. The van der Waals surface area contributed by atoms with E-state index in [0.29, 0.717) is 13.1 Å². The number of hydrogen-bond donors (Lipinski definition) is 2. The molecular weight excluding hydrogens is 250 g/mol.